The van der Waals surface area contributed by atoms with E-state index in [4.69, 9.17) is 4.52 Å². The summed E-state index contributed by atoms with van der Waals surface area (Å²) in [5, 5.41) is 8.06. The van der Waals surface area contributed by atoms with E-state index in [9.17, 15) is 0 Å². The third kappa shape index (κ3) is 2.37. The molecule has 4 rings (SSSR count). The second kappa shape index (κ2) is 5.24. The Kier molecular flexibility index (Phi) is 2.97. The largest absolute Gasteiger partial charge is 0.361 e. The summed E-state index contributed by atoms with van der Waals surface area (Å²) in [5.41, 5.74) is 0.828. The van der Waals surface area contributed by atoms with Crippen LogP contribution in [-0.2, 0) is 6.54 Å². The Hall–Kier alpha value is -3.29. The van der Waals surface area contributed by atoms with Gasteiger partial charge in [-0.1, -0.05) is 5.16 Å². The number of aromatic amines is 1. The highest BCUT2D eigenvalue weighted by molar-refractivity contribution is 5.77. The standard InChI is InChI=1S/C14H11N7O/c1-5-15-13(16-6-1)14-20-11(22-21-14)8-18-10-3-2-9-4-7-17-12(9)19-10/h1-7H,8H2,(H2,17,18,19). The van der Waals surface area contributed by atoms with Crippen LogP contribution in [0.2, 0.25) is 0 Å². The predicted molar refractivity (Wildman–Crippen MR) is 78.7 cm³/mol. The van der Waals surface area contributed by atoms with Crippen LogP contribution in [0.5, 0.6) is 0 Å². The molecule has 108 valence electrons. The molecule has 4 heterocycles. The molecule has 22 heavy (non-hydrogen) atoms. The van der Waals surface area contributed by atoms with Gasteiger partial charge in [0.2, 0.25) is 17.5 Å². The van der Waals surface area contributed by atoms with Crippen LogP contribution in [0.25, 0.3) is 22.7 Å². The summed E-state index contributed by atoms with van der Waals surface area (Å²) < 4.78 is 5.17. The third-order valence-corrected chi connectivity index (χ3v) is 3.06. The molecule has 0 atom stereocenters. The summed E-state index contributed by atoms with van der Waals surface area (Å²) in [7, 11) is 0. The zero-order chi connectivity index (χ0) is 14.8. The Morgan fingerprint density at radius 3 is 2.86 bits per heavy atom. The third-order valence-electron chi connectivity index (χ3n) is 3.06. The predicted octanol–water partition coefficient (Wildman–Crippen LogP) is 2.01. The van der Waals surface area contributed by atoms with Crippen molar-refractivity contribution in [3.8, 4) is 11.6 Å². The highest BCUT2D eigenvalue weighted by atomic mass is 16.5. The molecule has 0 amide bonds. The van der Waals surface area contributed by atoms with Gasteiger partial charge in [-0.2, -0.15) is 4.98 Å². The van der Waals surface area contributed by atoms with E-state index in [0.717, 1.165) is 16.9 Å². The van der Waals surface area contributed by atoms with E-state index in [1.165, 1.54) is 0 Å². The number of fused-ring (bicyclic) bond motifs is 1. The second-order valence-corrected chi connectivity index (χ2v) is 4.55. The lowest BCUT2D eigenvalue weighted by Gasteiger charge is -2.01. The lowest BCUT2D eigenvalue weighted by Crippen LogP contribution is -2.01. The van der Waals surface area contributed by atoms with Gasteiger partial charge in [0.15, 0.2) is 0 Å². The molecular weight excluding hydrogens is 282 g/mol. The minimum atomic E-state index is 0.366. The molecule has 0 spiro atoms. The van der Waals surface area contributed by atoms with E-state index >= 15 is 0 Å². The fraction of sp³-hybridized carbons (Fsp3) is 0.0714. The molecule has 0 unspecified atom stereocenters. The summed E-state index contributed by atoms with van der Waals surface area (Å²) in [4.78, 5) is 19.9. The van der Waals surface area contributed by atoms with Crippen molar-refractivity contribution in [1.29, 1.82) is 0 Å². The molecule has 0 radical (unpaired) electrons. The molecule has 0 aliphatic rings. The van der Waals surface area contributed by atoms with Crippen molar-refractivity contribution in [2.24, 2.45) is 0 Å². The topological polar surface area (TPSA) is 105 Å². The van der Waals surface area contributed by atoms with E-state index in [1.807, 2.05) is 24.4 Å². The molecule has 0 aliphatic heterocycles. The number of rotatable bonds is 4. The van der Waals surface area contributed by atoms with E-state index in [2.05, 4.69) is 35.4 Å². The van der Waals surface area contributed by atoms with Crippen molar-refractivity contribution in [3.63, 3.8) is 0 Å². The smallest absolute Gasteiger partial charge is 0.246 e. The lowest BCUT2D eigenvalue weighted by atomic mass is 10.3. The first-order valence-corrected chi connectivity index (χ1v) is 6.66. The summed E-state index contributed by atoms with van der Waals surface area (Å²) in [5.74, 6) is 1.97. The van der Waals surface area contributed by atoms with Crippen LogP contribution in [0.4, 0.5) is 5.82 Å². The van der Waals surface area contributed by atoms with Crippen molar-refractivity contribution in [1.82, 2.24) is 30.1 Å². The number of anilines is 1. The maximum atomic E-state index is 5.17. The number of hydrogen-bond acceptors (Lipinski definition) is 7. The highest BCUT2D eigenvalue weighted by Crippen LogP contribution is 2.14. The molecule has 0 saturated heterocycles. The summed E-state index contributed by atoms with van der Waals surface area (Å²) in [6.45, 7) is 0.374. The zero-order valence-corrected chi connectivity index (χ0v) is 11.4. The van der Waals surface area contributed by atoms with E-state index in [-0.39, 0.29) is 0 Å². The molecule has 2 N–H and O–H groups in total. The molecular formula is C14H11N7O. The Morgan fingerprint density at radius 2 is 1.95 bits per heavy atom. The van der Waals surface area contributed by atoms with Gasteiger partial charge >= 0.3 is 0 Å². The van der Waals surface area contributed by atoms with Gasteiger partial charge in [0.1, 0.15) is 11.5 Å². The first kappa shape index (κ1) is 12.5. The Balaban J connectivity index is 1.48. The molecule has 0 aromatic carbocycles. The number of H-pyrrole nitrogens is 1. The van der Waals surface area contributed by atoms with Crippen molar-refractivity contribution in [2.75, 3.05) is 5.32 Å². The fourth-order valence-corrected chi connectivity index (χ4v) is 2.03. The average Bonchev–Trinajstić information content (AvgIpc) is 3.22. The summed E-state index contributed by atoms with van der Waals surface area (Å²) in [6, 6.07) is 7.58. The highest BCUT2D eigenvalue weighted by Gasteiger charge is 2.10. The second-order valence-electron chi connectivity index (χ2n) is 4.55. The van der Waals surface area contributed by atoms with E-state index in [1.54, 1.807) is 18.5 Å². The van der Waals surface area contributed by atoms with Crippen molar-refractivity contribution in [2.45, 2.75) is 6.54 Å². The normalized spacial score (nSPS) is 10.9. The minimum Gasteiger partial charge on any atom is -0.361 e. The van der Waals surface area contributed by atoms with Gasteiger partial charge in [-0.05, 0) is 24.3 Å². The number of hydrogen-bond donors (Lipinski definition) is 2. The van der Waals surface area contributed by atoms with Crippen LogP contribution in [-0.4, -0.2) is 30.1 Å². The average molecular weight is 293 g/mol. The molecule has 0 fully saturated rings. The number of nitrogens with zero attached hydrogens (tertiary/aromatic N) is 5. The molecule has 8 heteroatoms. The van der Waals surface area contributed by atoms with Crippen molar-refractivity contribution in [3.05, 3.63) is 48.7 Å². The maximum Gasteiger partial charge on any atom is 0.246 e. The van der Waals surface area contributed by atoms with Crippen LogP contribution in [0.1, 0.15) is 5.89 Å². The van der Waals surface area contributed by atoms with Crippen LogP contribution in [0, 0.1) is 0 Å². The molecule has 0 bridgehead atoms. The number of pyridine rings is 1. The Labute approximate surface area is 124 Å². The van der Waals surface area contributed by atoms with Gasteiger partial charge in [-0.25, -0.2) is 15.0 Å². The van der Waals surface area contributed by atoms with Gasteiger partial charge in [0.05, 0.1) is 6.54 Å². The maximum absolute atomic E-state index is 5.17. The van der Waals surface area contributed by atoms with Gasteiger partial charge < -0.3 is 14.8 Å². The Morgan fingerprint density at radius 1 is 1.05 bits per heavy atom. The lowest BCUT2D eigenvalue weighted by molar-refractivity contribution is 0.383. The molecule has 8 nitrogen and oxygen atoms in total. The van der Waals surface area contributed by atoms with E-state index < -0.39 is 0 Å². The molecule has 4 aromatic rings. The first-order chi connectivity index (χ1) is 10.9. The van der Waals surface area contributed by atoms with Gasteiger partial charge in [0.25, 0.3) is 0 Å². The monoisotopic (exact) mass is 293 g/mol. The number of nitrogens with one attached hydrogen (secondary N) is 2. The summed E-state index contributed by atoms with van der Waals surface area (Å²) in [6.07, 6.45) is 5.11. The van der Waals surface area contributed by atoms with Gasteiger partial charge in [0, 0.05) is 24.0 Å². The quantitative estimate of drug-likeness (QED) is 0.593. The van der Waals surface area contributed by atoms with Crippen LogP contribution in [0.3, 0.4) is 0 Å². The molecule has 4 aromatic heterocycles. The van der Waals surface area contributed by atoms with Crippen molar-refractivity contribution >= 4 is 16.9 Å². The summed E-state index contributed by atoms with van der Waals surface area (Å²) >= 11 is 0. The minimum absolute atomic E-state index is 0.366. The molecule has 0 saturated carbocycles. The number of aromatic nitrogens is 6. The van der Waals surface area contributed by atoms with Gasteiger partial charge in [-0.15, -0.1) is 0 Å². The zero-order valence-electron chi connectivity index (χ0n) is 11.4. The molecule has 0 aliphatic carbocycles. The van der Waals surface area contributed by atoms with Gasteiger partial charge in [-0.3, -0.25) is 0 Å². The Bertz CT molecular complexity index is 900. The van der Waals surface area contributed by atoms with Crippen LogP contribution >= 0.6 is 0 Å². The first-order valence-electron chi connectivity index (χ1n) is 6.66. The van der Waals surface area contributed by atoms with E-state index in [0.29, 0.717) is 24.1 Å². The fourth-order valence-electron chi connectivity index (χ4n) is 2.03. The SMILES string of the molecule is c1cnc(-c2noc(CNc3ccc4cc[nH]c4n3)n2)nc1. The van der Waals surface area contributed by atoms with Crippen LogP contribution in [0.15, 0.2) is 47.4 Å². The van der Waals surface area contributed by atoms with Crippen molar-refractivity contribution < 1.29 is 4.52 Å². The van der Waals surface area contributed by atoms with Crippen LogP contribution < -0.4 is 5.32 Å².